The van der Waals surface area contributed by atoms with Crippen LogP contribution in [0.3, 0.4) is 0 Å². The van der Waals surface area contributed by atoms with Gasteiger partial charge in [-0.05, 0) is 43.1 Å². The predicted molar refractivity (Wildman–Crippen MR) is 165 cm³/mol. The smallest absolute Gasteiger partial charge is 0.325 e. The van der Waals surface area contributed by atoms with E-state index in [1.54, 1.807) is 6.92 Å². The van der Waals surface area contributed by atoms with Crippen LogP contribution >= 0.6 is 0 Å². The number of benzene rings is 3. The summed E-state index contributed by atoms with van der Waals surface area (Å²) in [5, 5.41) is 25.7. The van der Waals surface area contributed by atoms with Gasteiger partial charge in [-0.2, -0.15) is 0 Å². The molecule has 5 atom stereocenters. The number of hydrogen-bond donors (Lipinski definition) is 4. The highest BCUT2D eigenvalue weighted by molar-refractivity contribution is 5.80. The van der Waals surface area contributed by atoms with Crippen molar-refractivity contribution in [3.05, 3.63) is 107 Å². The average molecular weight is 606 g/mol. The maximum Gasteiger partial charge on any atom is 0.325 e. The van der Waals surface area contributed by atoms with Crippen LogP contribution in [0.5, 0.6) is 0 Å². The number of hydrogen-bond acceptors (Lipinski definition) is 8. The van der Waals surface area contributed by atoms with E-state index in [0.717, 1.165) is 27.8 Å². The largest absolute Gasteiger partial charge is 0.465 e. The number of carbonyl (C=O) groups excluding carboxylic acids is 2. The second kappa shape index (κ2) is 16.3. The molecule has 1 saturated heterocycles. The molecular formula is C34H43N3O7. The Morgan fingerprint density at radius 1 is 0.955 bits per heavy atom. The molecular weight excluding hydrogens is 562 g/mol. The molecule has 3 aromatic rings. The minimum Gasteiger partial charge on any atom is -0.465 e. The summed E-state index contributed by atoms with van der Waals surface area (Å²) in [6, 6.07) is 24.4. The van der Waals surface area contributed by atoms with E-state index in [-0.39, 0.29) is 44.6 Å². The van der Waals surface area contributed by atoms with Crippen LogP contribution in [0.1, 0.15) is 66.6 Å². The number of nitrogens with zero attached hydrogens (tertiary/aromatic N) is 1. The van der Waals surface area contributed by atoms with Crippen molar-refractivity contribution >= 4 is 12.0 Å². The van der Waals surface area contributed by atoms with Crippen LogP contribution in [0.25, 0.3) is 0 Å². The summed E-state index contributed by atoms with van der Waals surface area (Å²) in [7, 11) is 1.99. The first-order valence-electron chi connectivity index (χ1n) is 15.0. The van der Waals surface area contributed by atoms with Crippen LogP contribution in [0.4, 0.5) is 4.79 Å². The molecule has 0 unspecified atom stereocenters. The molecule has 3 aromatic carbocycles. The Balaban J connectivity index is 1.42. The molecule has 10 nitrogen and oxygen atoms in total. The molecule has 1 aliphatic rings. The Labute approximate surface area is 258 Å². The quantitative estimate of drug-likeness (QED) is 0.214. The molecule has 0 aliphatic carbocycles. The van der Waals surface area contributed by atoms with Gasteiger partial charge >= 0.3 is 12.0 Å². The van der Waals surface area contributed by atoms with Gasteiger partial charge in [-0.1, -0.05) is 78.9 Å². The molecule has 4 rings (SSSR count). The minimum absolute atomic E-state index is 0.0269. The van der Waals surface area contributed by atoms with Crippen LogP contribution < -0.4 is 10.6 Å². The van der Waals surface area contributed by atoms with Gasteiger partial charge in [0.05, 0.1) is 31.5 Å². The fraction of sp³-hybridized carbons (Fsp3) is 0.412. The van der Waals surface area contributed by atoms with Crippen molar-refractivity contribution in [3.63, 3.8) is 0 Å². The van der Waals surface area contributed by atoms with E-state index >= 15 is 0 Å². The molecule has 0 radical (unpaired) electrons. The third-order valence-electron chi connectivity index (χ3n) is 7.80. The lowest BCUT2D eigenvalue weighted by atomic mass is 9.98. The van der Waals surface area contributed by atoms with Crippen molar-refractivity contribution in [1.29, 1.82) is 0 Å². The van der Waals surface area contributed by atoms with E-state index in [1.807, 2.05) is 92.8 Å². The van der Waals surface area contributed by atoms with E-state index in [4.69, 9.17) is 14.2 Å². The molecule has 236 valence electrons. The maximum absolute atomic E-state index is 12.0. The molecule has 0 spiro atoms. The van der Waals surface area contributed by atoms with Crippen molar-refractivity contribution in [2.45, 2.75) is 64.1 Å². The van der Waals surface area contributed by atoms with Gasteiger partial charge in [0, 0.05) is 31.1 Å². The molecule has 10 heteroatoms. The monoisotopic (exact) mass is 605 g/mol. The number of aliphatic hydroxyl groups is 2. The van der Waals surface area contributed by atoms with Gasteiger partial charge in [-0.25, -0.2) is 4.79 Å². The fourth-order valence-corrected chi connectivity index (χ4v) is 5.09. The zero-order chi connectivity index (χ0) is 31.5. The SMILES string of the molecule is CCOC(=O)CNC(=O)NCc1ccc([C@H]2O[C@@H](CN(C)[C@H](C)[C@@H](O)c3ccccc3)C[C@@H](c3ccc(CO)cc3)O2)cc1. The maximum atomic E-state index is 12.0. The second-order valence-electron chi connectivity index (χ2n) is 11.0. The van der Waals surface area contributed by atoms with Gasteiger partial charge in [0.15, 0.2) is 6.29 Å². The van der Waals surface area contributed by atoms with Gasteiger partial charge in [0.2, 0.25) is 0 Å². The molecule has 2 amide bonds. The van der Waals surface area contributed by atoms with Crippen LogP contribution in [0.2, 0.25) is 0 Å². The molecule has 0 bridgehead atoms. The molecule has 44 heavy (non-hydrogen) atoms. The van der Waals surface area contributed by atoms with Crippen molar-refractivity contribution in [1.82, 2.24) is 15.5 Å². The van der Waals surface area contributed by atoms with E-state index in [1.165, 1.54) is 0 Å². The zero-order valence-corrected chi connectivity index (χ0v) is 25.5. The fourth-order valence-electron chi connectivity index (χ4n) is 5.09. The van der Waals surface area contributed by atoms with Gasteiger partial charge in [-0.15, -0.1) is 0 Å². The Hall–Kier alpha value is -3.80. The number of esters is 1. The number of aliphatic hydroxyl groups excluding tert-OH is 2. The normalized spacial score (nSPS) is 19.6. The number of urea groups is 1. The van der Waals surface area contributed by atoms with Gasteiger partial charge in [0.25, 0.3) is 0 Å². The lowest BCUT2D eigenvalue weighted by molar-refractivity contribution is -0.253. The Morgan fingerprint density at radius 2 is 1.61 bits per heavy atom. The standard InChI is InChI=1S/C34H43N3O7/c1-4-42-31(39)20-36-34(41)35-19-24-10-16-28(17-11-24)33-43-29(18-30(44-33)26-14-12-25(22-38)13-15-26)21-37(3)23(2)32(40)27-8-6-5-7-9-27/h5-17,23,29-30,32-33,38,40H,4,18-22H2,1-3H3,(H2,35,36,41)/t23-,29-,30+,32-,33+/m1/s1. The number of carbonyl (C=O) groups is 2. The molecule has 1 heterocycles. The summed E-state index contributed by atoms with van der Waals surface area (Å²) >= 11 is 0. The lowest BCUT2D eigenvalue weighted by Gasteiger charge is -2.39. The van der Waals surface area contributed by atoms with Crippen LogP contribution in [0.15, 0.2) is 78.9 Å². The summed E-state index contributed by atoms with van der Waals surface area (Å²) < 4.78 is 17.7. The summed E-state index contributed by atoms with van der Waals surface area (Å²) in [6.45, 7) is 4.60. The number of ether oxygens (including phenoxy) is 3. The third-order valence-corrected chi connectivity index (χ3v) is 7.80. The summed E-state index contributed by atoms with van der Waals surface area (Å²) in [6.07, 6.45) is -1.08. The van der Waals surface area contributed by atoms with Gasteiger partial charge < -0.3 is 35.1 Å². The Kier molecular flexibility index (Phi) is 12.3. The number of amides is 2. The lowest BCUT2D eigenvalue weighted by Crippen LogP contribution is -2.43. The number of nitrogens with one attached hydrogen (secondary N) is 2. The van der Waals surface area contributed by atoms with E-state index in [9.17, 15) is 19.8 Å². The van der Waals surface area contributed by atoms with Gasteiger partial charge in [0.1, 0.15) is 6.54 Å². The second-order valence-corrected chi connectivity index (χ2v) is 11.0. The predicted octanol–water partition coefficient (Wildman–Crippen LogP) is 4.14. The highest BCUT2D eigenvalue weighted by Crippen LogP contribution is 2.38. The zero-order valence-electron chi connectivity index (χ0n) is 25.5. The number of likely N-dealkylation sites (N-methyl/N-ethyl adjacent to an activating group) is 1. The molecule has 4 N–H and O–H groups in total. The first-order valence-corrected chi connectivity index (χ1v) is 15.0. The Bertz CT molecular complexity index is 1320. The highest BCUT2D eigenvalue weighted by Gasteiger charge is 2.34. The summed E-state index contributed by atoms with van der Waals surface area (Å²) in [4.78, 5) is 25.6. The first kappa shape index (κ1) is 33.1. The average Bonchev–Trinajstić information content (AvgIpc) is 3.06. The van der Waals surface area contributed by atoms with Crippen LogP contribution in [0, 0.1) is 0 Å². The van der Waals surface area contributed by atoms with E-state index < -0.39 is 24.4 Å². The van der Waals surface area contributed by atoms with Crippen molar-refractivity contribution in [3.8, 4) is 0 Å². The third kappa shape index (κ3) is 9.35. The van der Waals surface area contributed by atoms with Crippen LogP contribution in [-0.4, -0.2) is 66.0 Å². The van der Waals surface area contributed by atoms with Crippen molar-refractivity contribution < 1.29 is 34.0 Å². The minimum atomic E-state index is -0.646. The highest BCUT2D eigenvalue weighted by atomic mass is 16.7. The van der Waals surface area contributed by atoms with E-state index in [2.05, 4.69) is 15.5 Å². The van der Waals surface area contributed by atoms with Crippen molar-refractivity contribution in [2.24, 2.45) is 0 Å². The topological polar surface area (TPSA) is 130 Å². The summed E-state index contributed by atoms with van der Waals surface area (Å²) in [5.41, 5.74) is 4.39. The molecule has 0 aromatic heterocycles. The van der Waals surface area contributed by atoms with E-state index in [0.29, 0.717) is 13.0 Å². The van der Waals surface area contributed by atoms with Crippen molar-refractivity contribution in [2.75, 3.05) is 26.7 Å². The van der Waals surface area contributed by atoms with Crippen LogP contribution in [-0.2, 0) is 32.2 Å². The molecule has 0 saturated carbocycles. The molecule has 1 fully saturated rings. The Morgan fingerprint density at radius 3 is 2.27 bits per heavy atom. The van der Waals surface area contributed by atoms with Gasteiger partial charge in [-0.3, -0.25) is 9.69 Å². The number of rotatable bonds is 13. The molecule has 1 aliphatic heterocycles. The first-order chi connectivity index (χ1) is 21.3. The summed E-state index contributed by atoms with van der Waals surface area (Å²) in [5.74, 6) is -0.492.